The maximum Gasteiger partial charge on any atom is 1.00 e. The van der Waals surface area contributed by atoms with Crippen molar-refractivity contribution in [2.75, 3.05) is 5.32 Å². The van der Waals surface area contributed by atoms with Crippen LogP contribution in [0.4, 0.5) is 18.9 Å². The summed E-state index contributed by atoms with van der Waals surface area (Å²) in [6.45, 7) is 0. The SMILES string of the molecule is N#CN=C([S-])Nc1ccc(C(F)(F)F)cc1.[Na+]. The number of nitrogens with zero attached hydrogens (tertiary/aromatic N) is 2. The fourth-order valence-corrected chi connectivity index (χ4v) is 1.10. The Kier molecular flexibility index (Phi) is 6.49. The number of aliphatic imine (C=N–C) groups is 1. The van der Waals surface area contributed by atoms with Crippen LogP contribution >= 0.6 is 0 Å². The molecule has 17 heavy (non-hydrogen) atoms. The standard InChI is InChI=1S/C9H6F3N3S.Na/c10-9(11,12)6-1-3-7(4-2-6)15-8(16)14-5-13;/h1-4H,(H2,14,15,16);/q;+1/p-1. The molecule has 1 aromatic carbocycles. The van der Waals surface area contributed by atoms with Crippen LogP contribution < -0.4 is 34.9 Å². The number of halogens is 3. The van der Waals surface area contributed by atoms with Crippen molar-refractivity contribution >= 4 is 23.5 Å². The number of nitriles is 1. The molecular weight excluding hydrogens is 262 g/mol. The number of hydrogen-bond acceptors (Lipinski definition) is 3. The predicted octanol–water partition coefficient (Wildman–Crippen LogP) is -0.495. The summed E-state index contributed by atoms with van der Waals surface area (Å²) < 4.78 is 36.6. The molecule has 0 aromatic heterocycles. The minimum Gasteiger partial charge on any atom is -0.742 e. The third kappa shape index (κ3) is 5.37. The van der Waals surface area contributed by atoms with Crippen molar-refractivity contribution in [3.05, 3.63) is 29.8 Å². The average molecular weight is 267 g/mol. The van der Waals surface area contributed by atoms with Crippen LogP contribution in [-0.2, 0) is 18.8 Å². The van der Waals surface area contributed by atoms with Gasteiger partial charge in [-0.05, 0) is 29.4 Å². The summed E-state index contributed by atoms with van der Waals surface area (Å²) in [5.74, 6) is 0. The third-order valence-corrected chi connectivity index (χ3v) is 1.81. The van der Waals surface area contributed by atoms with Gasteiger partial charge in [-0.1, -0.05) is 0 Å². The van der Waals surface area contributed by atoms with E-state index in [9.17, 15) is 13.2 Å². The second-order valence-corrected chi connectivity index (χ2v) is 3.10. The molecule has 0 bridgehead atoms. The first-order valence-electron chi connectivity index (χ1n) is 4.01. The van der Waals surface area contributed by atoms with Gasteiger partial charge in [0.15, 0.2) is 0 Å². The Labute approximate surface area is 123 Å². The summed E-state index contributed by atoms with van der Waals surface area (Å²) >= 11 is 4.62. The Morgan fingerprint density at radius 1 is 1.29 bits per heavy atom. The second-order valence-electron chi connectivity index (χ2n) is 2.72. The summed E-state index contributed by atoms with van der Waals surface area (Å²) in [6, 6.07) is 4.25. The van der Waals surface area contributed by atoms with Gasteiger partial charge in [0, 0.05) is 5.69 Å². The average Bonchev–Trinajstić information content (AvgIpc) is 2.17. The van der Waals surface area contributed by atoms with E-state index >= 15 is 0 Å². The van der Waals surface area contributed by atoms with Gasteiger partial charge in [-0.15, -0.1) is 0 Å². The molecule has 0 aliphatic rings. The molecule has 0 radical (unpaired) electrons. The van der Waals surface area contributed by atoms with E-state index in [1.165, 1.54) is 18.3 Å². The van der Waals surface area contributed by atoms with Crippen LogP contribution in [0.1, 0.15) is 5.56 Å². The zero-order chi connectivity index (χ0) is 12.2. The van der Waals surface area contributed by atoms with Crippen molar-refractivity contribution in [1.29, 1.82) is 5.26 Å². The molecule has 3 nitrogen and oxygen atoms in total. The zero-order valence-electron chi connectivity index (χ0n) is 8.75. The molecule has 0 saturated heterocycles. The van der Waals surface area contributed by atoms with Crippen molar-refractivity contribution in [3.8, 4) is 6.19 Å². The first-order chi connectivity index (χ1) is 7.43. The minimum absolute atomic E-state index is 0. The number of amidine groups is 1. The number of anilines is 1. The van der Waals surface area contributed by atoms with Crippen molar-refractivity contribution in [2.45, 2.75) is 6.18 Å². The number of hydrogen-bond donors (Lipinski definition) is 1. The van der Waals surface area contributed by atoms with Gasteiger partial charge in [-0.2, -0.15) is 23.4 Å². The van der Waals surface area contributed by atoms with E-state index in [1.807, 2.05) is 0 Å². The van der Waals surface area contributed by atoms with Gasteiger partial charge in [0.2, 0.25) is 6.19 Å². The Bertz CT molecular complexity index is 436. The van der Waals surface area contributed by atoms with Crippen LogP contribution in [-0.4, -0.2) is 5.17 Å². The normalized spacial score (nSPS) is 11.3. The number of alkyl halides is 3. The van der Waals surface area contributed by atoms with Gasteiger partial charge in [0.25, 0.3) is 0 Å². The Hall–Kier alpha value is -0.810. The van der Waals surface area contributed by atoms with E-state index in [1.54, 1.807) is 0 Å². The molecule has 1 aromatic rings. The molecule has 0 heterocycles. The van der Waals surface area contributed by atoms with Crippen LogP contribution in [0, 0.1) is 11.5 Å². The molecule has 0 unspecified atom stereocenters. The van der Waals surface area contributed by atoms with E-state index in [2.05, 4.69) is 22.9 Å². The summed E-state index contributed by atoms with van der Waals surface area (Å²) in [5, 5.41) is 10.6. The maximum absolute atomic E-state index is 12.2. The molecule has 0 aliphatic carbocycles. The van der Waals surface area contributed by atoms with Gasteiger partial charge >= 0.3 is 35.7 Å². The Morgan fingerprint density at radius 3 is 2.24 bits per heavy atom. The molecule has 0 aliphatic heterocycles. The molecule has 84 valence electrons. The fraction of sp³-hybridized carbons (Fsp3) is 0.111. The monoisotopic (exact) mass is 267 g/mol. The van der Waals surface area contributed by atoms with Gasteiger partial charge in [0.1, 0.15) is 0 Å². The van der Waals surface area contributed by atoms with E-state index in [0.29, 0.717) is 5.69 Å². The van der Waals surface area contributed by atoms with Crippen LogP contribution in [0.2, 0.25) is 0 Å². The van der Waals surface area contributed by atoms with Gasteiger partial charge in [-0.3, -0.25) is 0 Å². The fourth-order valence-electron chi connectivity index (χ4n) is 0.939. The largest absolute Gasteiger partial charge is 1.00 e. The van der Waals surface area contributed by atoms with Crippen molar-refractivity contribution < 1.29 is 42.7 Å². The maximum atomic E-state index is 12.2. The molecule has 0 atom stereocenters. The number of benzene rings is 1. The molecule has 0 amide bonds. The molecular formula is C9H5F3N3NaS. The number of rotatable bonds is 1. The minimum atomic E-state index is -4.37. The van der Waals surface area contributed by atoms with Crippen LogP contribution in [0.5, 0.6) is 0 Å². The first kappa shape index (κ1) is 16.2. The molecule has 1 N–H and O–H groups in total. The van der Waals surface area contributed by atoms with Crippen LogP contribution in [0.15, 0.2) is 29.3 Å². The molecule has 0 saturated carbocycles. The van der Waals surface area contributed by atoms with Gasteiger partial charge in [0.05, 0.1) is 5.56 Å². The Morgan fingerprint density at radius 2 is 1.82 bits per heavy atom. The first-order valence-corrected chi connectivity index (χ1v) is 4.42. The van der Waals surface area contributed by atoms with Crippen molar-refractivity contribution in [3.63, 3.8) is 0 Å². The molecule has 0 spiro atoms. The molecule has 8 heteroatoms. The predicted molar refractivity (Wildman–Crippen MR) is 55.5 cm³/mol. The second kappa shape index (κ2) is 6.81. The molecule has 1 rings (SSSR count). The van der Waals surface area contributed by atoms with Crippen LogP contribution in [0.3, 0.4) is 0 Å². The summed E-state index contributed by atoms with van der Waals surface area (Å²) in [5.41, 5.74) is -0.404. The summed E-state index contributed by atoms with van der Waals surface area (Å²) in [7, 11) is 0. The quantitative estimate of drug-likeness (QED) is 0.245. The van der Waals surface area contributed by atoms with Crippen molar-refractivity contribution in [2.24, 2.45) is 4.99 Å². The summed E-state index contributed by atoms with van der Waals surface area (Å²) in [4.78, 5) is 3.19. The summed E-state index contributed by atoms with van der Waals surface area (Å²) in [6.07, 6.45) is -2.90. The van der Waals surface area contributed by atoms with E-state index < -0.39 is 11.7 Å². The number of nitrogens with one attached hydrogen (secondary N) is 1. The van der Waals surface area contributed by atoms with Crippen LogP contribution in [0.25, 0.3) is 0 Å². The smallest absolute Gasteiger partial charge is 0.742 e. The zero-order valence-corrected chi connectivity index (χ0v) is 11.6. The van der Waals surface area contributed by atoms with Gasteiger partial charge < -0.3 is 17.9 Å². The third-order valence-electron chi connectivity index (χ3n) is 1.62. The van der Waals surface area contributed by atoms with E-state index in [0.717, 1.165) is 12.1 Å². The Balaban J connectivity index is 0.00000256. The van der Waals surface area contributed by atoms with Crippen molar-refractivity contribution in [1.82, 2.24) is 0 Å². The van der Waals surface area contributed by atoms with E-state index in [-0.39, 0.29) is 34.7 Å². The topological polar surface area (TPSA) is 48.2 Å². The van der Waals surface area contributed by atoms with Gasteiger partial charge in [-0.25, -0.2) is 0 Å². The molecule has 0 fully saturated rings. The van der Waals surface area contributed by atoms with E-state index in [4.69, 9.17) is 5.26 Å².